The Balaban J connectivity index is 1.26. The number of hydrogen-bond donors (Lipinski definition) is 0. The van der Waals surface area contributed by atoms with E-state index in [1.165, 1.54) is 75.4 Å². The van der Waals surface area contributed by atoms with Gasteiger partial charge in [-0.3, -0.25) is 0 Å². The second-order valence-corrected chi connectivity index (χ2v) is 15.5. The standard InChI is InChI=1S/C54H36N2S/c1-4-17-37(18-5-1)39-21-14-25-42(35-39)55(43-26-15-22-40(36-43)38-19-6-2-7-20-38)50-34-33-45(47-30-16-29-46-44-27-11-13-32-51(44)57-54(46)47)53-52(50)48-28-10-12-31-49(48)56(53)41-23-8-3-9-24-41/h1-36H. The molecule has 0 aliphatic heterocycles. The number of benzene rings is 9. The van der Waals surface area contributed by atoms with Crippen LogP contribution in [0, 0.1) is 0 Å². The third kappa shape index (κ3) is 5.63. The molecule has 2 aromatic heterocycles. The zero-order chi connectivity index (χ0) is 37.7. The lowest BCUT2D eigenvalue weighted by molar-refractivity contribution is 1.18. The van der Waals surface area contributed by atoms with Gasteiger partial charge in [0.15, 0.2) is 0 Å². The van der Waals surface area contributed by atoms with Crippen LogP contribution in [0.5, 0.6) is 0 Å². The van der Waals surface area contributed by atoms with Gasteiger partial charge in [-0.2, -0.15) is 0 Å². The average Bonchev–Trinajstić information content (AvgIpc) is 3.85. The minimum Gasteiger partial charge on any atom is -0.310 e. The van der Waals surface area contributed by atoms with Crippen molar-refractivity contribution < 1.29 is 0 Å². The van der Waals surface area contributed by atoms with Crippen molar-refractivity contribution in [2.45, 2.75) is 0 Å². The number of thiophene rings is 1. The molecule has 0 radical (unpaired) electrons. The molecule has 0 atom stereocenters. The molecule has 268 valence electrons. The first-order valence-electron chi connectivity index (χ1n) is 19.4. The van der Waals surface area contributed by atoms with Gasteiger partial charge in [0.25, 0.3) is 0 Å². The molecule has 0 aliphatic carbocycles. The first-order chi connectivity index (χ1) is 28.3. The molecule has 0 N–H and O–H groups in total. The van der Waals surface area contributed by atoms with E-state index >= 15 is 0 Å². The summed E-state index contributed by atoms with van der Waals surface area (Å²) in [5.41, 5.74) is 14.0. The van der Waals surface area contributed by atoms with Gasteiger partial charge < -0.3 is 9.47 Å². The first kappa shape index (κ1) is 33.2. The van der Waals surface area contributed by atoms with Crippen LogP contribution in [0.2, 0.25) is 0 Å². The van der Waals surface area contributed by atoms with Gasteiger partial charge >= 0.3 is 0 Å². The summed E-state index contributed by atoms with van der Waals surface area (Å²) in [5.74, 6) is 0. The zero-order valence-electron chi connectivity index (χ0n) is 31.1. The van der Waals surface area contributed by atoms with E-state index in [0.29, 0.717) is 0 Å². The van der Waals surface area contributed by atoms with E-state index in [-0.39, 0.29) is 0 Å². The van der Waals surface area contributed by atoms with Gasteiger partial charge in [0.1, 0.15) is 0 Å². The highest BCUT2D eigenvalue weighted by Gasteiger charge is 2.25. The normalized spacial score (nSPS) is 11.5. The fraction of sp³-hybridized carbons (Fsp3) is 0. The Kier molecular flexibility index (Phi) is 8.04. The van der Waals surface area contributed by atoms with Crippen LogP contribution in [0.3, 0.4) is 0 Å². The van der Waals surface area contributed by atoms with E-state index < -0.39 is 0 Å². The van der Waals surface area contributed by atoms with E-state index in [9.17, 15) is 0 Å². The molecule has 0 amide bonds. The summed E-state index contributed by atoms with van der Waals surface area (Å²) in [6.07, 6.45) is 0. The van der Waals surface area contributed by atoms with Gasteiger partial charge in [0.2, 0.25) is 0 Å². The highest BCUT2D eigenvalue weighted by Crippen LogP contribution is 2.50. The molecule has 9 aromatic carbocycles. The van der Waals surface area contributed by atoms with Crippen molar-refractivity contribution >= 4 is 70.4 Å². The molecule has 0 bridgehead atoms. The van der Waals surface area contributed by atoms with Gasteiger partial charge in [0, 0.05) is 59.1 Å². The molecule has 3 heteroatoms. The summed E-state index contributed by atoms with van der Waals surface area (Å²) in [5, 5.41) is 5.02. The van der Waals surface area contributed by atoms with Crippen molar-refractivity contribution in [2.24, 2.45) is 0 Å². The SMILES string of the molecule is c1ccc(-c2cccc(N(c3cccc(-c4ccccc4)c3)c3ccc(-c4cccc5c4sc4ccccc45)c4c3c3ccccc3n4-c3ccccc3)c2)cc1. The summed E-state index contributed by atoms with van der Waals surface area (Å²) in [6, 6.07) is 79.4. The number of para-hydroxylation sites is 2. The quantitative estimate of drug-likeness (QED) is 0.158. The maximum absolute atomic E-state index is 2.48. The fourth-order valence-electron chi connectivity index (χ4n) is 8.62. The molecule has 0 saturated heterocycles. The second-order valence-electron chi connectivity index (χ2n) is 14.5. The molecule has 0 spiro atoms. The topological polar surface area (TPSA) is 8.17 Å². The van der Waals surface area contributed by atoms with E-state index in [2.05, 4.69) is 228 Å². The van der Waals surface area contributed by atoms with Crippen molar-refractivity contribution in [3.05, 3.63) is 218 Å². The van der Waals surface area contributed by atoms with Crippen molar-refractivity contribution in [3.8, 4) is 39.1 Å². The van der Waals surface area contributed by atoms with E-state index in [4.69, 9.17) is 0 Å². The van der Waals surface area contributed by atoms with E-state index in [0.717, 1.165) is 22.7 Å². The van der Waals surface area contributed by atoms with Gasteiger partial charge in [-0.05, 0) is 76.9 Å². The number of nitrogens with zero attached hydrogens (tertiary/aromatic N) is 2. The largest absolute Gasteiger partial charge is 0.310 e. The minimum absolute atomic E-state index is 1.10. The van der Waals surface area contributed by atoms with E-state index in [1.54, 1.807) is 0 Å². The third-order valence-corrected chi connectivity index (χ3v) is 12.4. The predicted octanol–water partition coefficient (Wildman–Crippen LogP) is 15.6. The summed E-state index contributed by atoms with van der Waals surface area (Å²) < 4.78 is 5.09. The number of fused-ring (bicyclic) bond motifs is 6. The number of rotatable bonds is 7. The molecular formula is C54H36N2S. The third-order valence-electron chi connectivity index (χ3n) is 11.2. The van der Waals surface area contributed by atoms with Crippen LogP contribution >= 0.6 is 11.3 Å². The molecule has 0 aliphatic rings. The van der Waals surface area contributed by atoms with Crippen molar-refractivity contribution in [3.63, 3.8) is 0 Å². The predicted molar refractivity (Wildman–Crippen MR) is 245 cm³/mol. The Labute approximate surface area is 335 Å². The smallest absolute Gasteiger partial charge is 0.0641 e. The van der Waals surface area contributed by atoms with Crippen molar-refractivity contribution in [1.29, 1.82) is 0 Å². The highest BCUT2D eigenvalue weighted by molar-refractivity contribution is 7.26. The Morgan fingerprint density at radius 1 is 0.386 bits per heavy atom. The summed E-state index contributed by atoms with van der Waals surface area (Å²) in [6.45, 7) is 0. The van der Waals surface area contributed by atoms with Crippen molar-refractivity contribution in [2.75, 3.05) is 4.90 Å². The Morgan fingerprint density at radius 2 is 0.930 bits per heavy atom. The summed E-state index contributed by atoms with van der Waals surface area (Å²) in [7, 11) is 0. The average molecular weight is 745 g/mol. The Hall–Kier alpha value is -7.20. The maximum Gasteiger partial charge on any atom is 0.0641 e. The summed E-state index contributed by atoms with van der Waals surface area (Å²) >= 11 is 1.88. The molecular weight excluding hydrogens is 709 g/mol. The van der Waals surface area contributed by atoms with Crippen LogP contribution in [0.4, 0.5) is 17.1 Å². The fourth-order valence-corrected chi connectivity index (χ4v) is 9.85. The molecule has 2 heterocycles. The van der Waals surface area contributed by atoms with Gasteiger partial charge in [-0.15, -0.1) is 11.3 Å². The molecule has 0 saturated carbocycles. The molecule has 57 heavy (non-hydrogen) atoms. The molecule has 11 aromatic rings. The monoisotopic (exact) mass is 744 g/mol. The first-order valence-corrected chi connectivity index (χ1v) is 20.3. The van der Waals surface area contributed by atoms with Crippen molar-refractivity contribution in [1.82, 2.24) is 4.57 Å². The molecule has 0 unspecified atom stereocenters. The summed E-state index contributed by atoms with van der Waals surface area (Å²) in [4.78, 5) is 2.47. The lowest BCUT2D eigenvalue weighted by Gasteiger charge is -2.28. The van der Waals surface area contributed by atoms with Crippen LogP contribution < -0.4 is 4.90 Å². The zero-order valence-corrected chi connectivity index (χ0v) is 31.9. The Morgan fingerprint density at radius 3 is 1.61 bits per heavy atom. The second kappa shape index (κ2) is 13.8. The minimum atomic E-state index is 1.10. The van der Waals surface area contributed by atoms with E-state index in [1.807, 2.05) is 11.3 Å². The van der Waals surface area contributed by atoms with Crippen LogP contribution in [-0.2, 0) is 0 Å². The van der Waals surface area contributed by atoms with Gasteiger partial charge in [-0.25, -0.2) is 0 Å². The maximum atomic E-state index is 2.48. The van der Waals surface area contributed by atoms with Crippen LogP contribution in [0.25, 0.3) is 81.0 Å². The molecule has 0 fully saturated rings. The highest BCUT2D eigenvalue weighted by atomic mass is 32.1. The van der Waals surface area contributed by atoms with Crippen LogP contribution in [-0.4, -0.2) is 4.57 Å². The van der Waals surface area contributed by atoms with Crippen LogP contribution in [0.15, 0.2) is 218 Å². The number of anilines is 3. The van der Waals surface area contributed by atoms with Crippen LogP contribution in [0.1, 0.15) is 0 Å². The lowest BCUT2D eigenvalue weighted by atomic mass is 9.97. The van der Waals surface area contributed by atoms with Gasteiger partial charge in [-0.1, -0.05) is 164 Å². The Bertz CT molecular complexity index is 3150. The lowest BCUT2D eigenvalue weighted by Crippen LogP contribution is -2.11. The number of aromatic nitrogens is 1. The molecule has 11 rings (SSSR count). The van der Waals surface area contributed by atoms with Gasteiger partial charge in [0.05, 0.1) is 16.7 Å². The molecule has 2 nitrogen and oxygen atoms in total. The number of hydrogen-bond acceptors (Lipinski definition) is 2.